The van der Waals surface area contributed by atoms with Crippen molar-refractivity contribution >= 4 is 11.8 Å². The molecule has 18 heavy (non-hydrogen) atoms. The van der Waals surface area contributed by atoms with Crippen molar-refractivity contribution in [3.63, 3.8) is 0 Å². The highest BCUT2D eigenvalue weighted by Crippen LogP contribution is 2.40. The van der Waals surface area contributed by atoms with Crippen molar-refractivity contribution in [2.75, 3.05) is 18.8 Å². The van der Waals surface area contributed by atoms with E-state index < -0.39 is 0 Å². The summed E-state index contributed by atoms with van der Waals surface area (Å²) < 4.78 is 0. The second-order valence-electron chi connectivity index (χ2n) is 5.62. The summed E-state index contributed by atoms with van der Waals surface area (Å²) in [6.07, 6.45) is 2.43. The van der Waals surface area contributed by atoms with Crippen LogP contribution in [0, 0.1) is 5.92 Å². The minimum Gasteiger partial charge on any atom is -0.327 e. The fourth-order valence-corrected chi connectivity index (χ4v) is 4.29. The molecule has 0 amide bonds. The first kappa shape index (κ1) is 12.5. The lowest BCUT2D eigenvalue weighted by Crippen LogP contribution is -2.47. The van der Waals surface area contributed by atoms with Crippen LogP contribution in [0.5, 0.6) is 0 Å². The summed E-state index contributed by atoms with van der Waals surface area (Å²) in [6, 6.07) is 9.93. The third kappa shape index (κ3) is 2.31. The van der Waals surface area contributed by atoms with Gasteiger partial charge in [0.05, 0.1) is 0 Å². The normalized spacial score (nSPS) is 33.1. The molecule has 0 aliphatic carbocycles. The average Bonchev–Trinajstić information content (AvgIpc) is 2.41. The molecule has 0 bridgehead atoms. The van der Waals surface area contributed by atoms with E-state index >= 15 is 0 Å². The largest absolute Gasteiger partial charge is 0.327 e. The molecule has 0 radical (unpaired) electrons. The van der Waals surface area contributed by atoms with Crippen LogP contribution in [0.3, 0.4) is 0 Å². The summed E-state index contributed by atoms with van der Waals surface area (Å²) in [5.41, 5.74) is 7.67. The molecule has 2 N–H and O–H groups in total. The smallest absolute Gasteiger partial charge is 0.0367 e. The summed E-state index contributed by atoms with van der Waals surface area (Å²) in [4.78, 5) is 4.14. The van der Waals surface area contributed by atoms with E-state index in [0.717, 1.165) is 19.5 Å². The van der Waals surface area contributed by atoms with E-state index in [-0.39, 0.29) is 0 Å². The number of rotatable bonds is 1. The van der Waals surface area contributed by atoms with E-state index in [1.807, 2.05) is 11.8 Å². The predicted octanol–water partition coefficient (Wildman–Crippen LogP) is 2.89. The Kier molecular flexibility index (Phi) is 3.64. The van der Waals surface area contributed by atoms with Crippen LogP contribution in [0.15, 0.2) is 29.2 Å². The minimum absolute atomic E-state index is 0.398. The molecule has 3 rings (SSSR count). The molecule has 1 saturated heterocycles. The molecule has 2 heterocycles. The van der Waals surface area contributed by atoms with Gasteiger partial charge >= 0.3 is 0 Å². The molecule has 0 spiro atoms. The van der Waals surface area contributed by atoms with E-state index in [4.69, 9.17) is 5.73 Å². The number of benzene rings is 1. The lowest BCUT2D eigenvalue weighted by molar-refractivity contribution is 0.111. The van der Waals surface area contributed by atoms with Crippen LogP contribution in [0.1, 0.15) is 31.4 Å². The van der Waals surface area contributed by atoms with Crippen molar-refractivity contribution in [2.45, 2.75) is 36.7 Å². The Morgan fingerprint density at radius 1 is 1.28 bits per heavy atom. The van der Waals surface area contributed by atoms with Crippen molar-refractivity contribution < 1.29 is 0 Å². The Morgan fingerprint density at radius 2 is 2.11 bits per heavy atom. The molecule has 0 aromatic heterocycles. The van der Waals surface area contributed by atoms with E-state index in [1.54, 1.807) is 0 Å². The Morgan fingerprint density at radius 3 is 2.94 bits per heavy atom. The standard InChI is InChI=1S/C15H22N2S/c1-11-10-17(8-6-13(11)16)14-7-9-18-15-5-3-2-4-12(14)15/h2-5,11,13-14H,6-10,16H2,1H3. The van der Waals surface area contributed by atoms with Crippen molar-refractivity contribution in [3.05, 3.63) is 29.8 Å². The fourth-order valence-electron chi connectivity index (χ4n) is 3.18. The summed E-state index contributed by atoms with van der Waals surface area (Å²) in [6.45, 7) is 4.61. The van der Waals surface area contributed by atoms with Gasteiger partial charge in [0, 0.05) is 30.1 Å². The van der Waals surface area contributed by atoms with Gasteiger partial charge in [-0.2, -0.15) is 0 Å². The first-order chi connectivity index (χ1) is 8.75. The van der Waals surface area contributed by atoms with Crippen molar-refractivity contribution in [1.29, 1.82) is 0 Å². The first-order valence-corrected chi connectivity index (χ1v) is 7.95. The summed E-state index contributed by atoms with van der Waals surface area (Å²) in [5.74, 6) is 1.87. The quantitative estimate of drug-likeness (QED) is 0.844. The highest BCUT2D eigenvalue weighted by Gasteiger charge is 2.31. The zero-order valence-corrected chi connectivity index (χ0v) is 11.8. The second kappa shape index (κ2) is 5.24. The third-order valence-electron chi connectivity index (χ3n) is 4.37. The van der Waals surface area contributed by atoms with Gasteiger partial charge in [0.1, 0.15) is 0 Å². The van der Waals surface area contributed by atoms with Crippen molar-refractivity contribution in [3.8, 4) is 0 Å². The maximum Gasteiger partial charge on any atom is 0.0367 e. The van der Waals surface area contributed by atoms with Crippen LogP contribution < -0.4 is 5.73 Å². The Labute approximate surface area is 114 Å². The van der Waals surface area contributed by atoms with Gasteiger partial charge in [0.15, 0.2) is 0 Å². The highest BCUT2D eigenvalue weighted by atomic mass is 32.2. The minimum atomic E-state index is 0.398. The first-order valence-electron chi connectivity index (χ1n) is 6.97. The summed E-state index contributed by atoms with van der Waals surface area (Å²) in [5, 5.41) is 0. The Hall–Kier alpha value is -0.510. The van der Waals surface area contributed by atoms with Crippen LogP contribution in [0.2, 0.25) is 0 Å². The molecule has 98 valence electrons. The second-order valence-corrected chi connectivity index (χ2v) is 6.75. The predicted molar refractivity (Wildman–Crippen MR) is 77.9 cm³/mol. The van der Waals surface area contributed by atoms with E-state index in [2.05, 4.69) is 36.1 Å². The molecule has 3 unspecified atom stereocenters. The van der Waals surface area contributed by atoms with Gasteiger partial charge in [-0.25, -0.2) is 0 Å². The van der Waals surface area contributed by atoms with Gasteiger partial charge in [-0.3, -0.25) is 4.90 Å². The maximum atomic E-state index is 6.13. The van der Waals surface area contributed by atoms with Crippen LogP contribution in [-0.4, -0.2) is 29.8 Å². The molecular weight excluding hydrogens is 240 g/mol. The summed E-state index contributed by atoms with van der Waals surface area (Å²) in [7, 11) is 0. The zero-order chi connectivity index (χ0) is 12.5. The number of nitrogens with two attached hydrogens (primary N) is 1. The van der Waals surface area contributed by atoms with E-state index in [9.17, 15) is 0 Å². The van der Waals surface area contributed by atoms with Crippen molar-refractivity contribution in [1.82, 2.24) is 4.90 Å². The van der Waals surface area contributed by atoms with Gasteiger partial charge in [-0.05, 0) is 36.1 Å². The lowest BCUT2D eigenvalue weighted by Gasteiger charge is -2.42. The zero-order valence-electron chi connectivity index (χ0n) is 11.0. The van der Waals surface area contributed by atoms with E-state index in [0.29, 0.717) is 18.0 Å². The molecule has 1 fully saturated rings. The molecule has 2 aliphatic rings. The molecule has 1 aromatic carbocycles. The Bertz CT molecular complexity index is 421. The number of nitrogens with zero attached hydrogens (tertiary/aromatic N) is 1. The maximum absolute atomic E-state index is 6.13. The number of piperidine rings is 1. The third-order valence-corrected chi connectivity index (χ3v) is 5.49. The van der Waals surface area contributed by atoms with Crippen LogP contribution in [0.25, 0.3) is 0 Å². The lowest BCUT2D eigenvalue weighted by atomic mass is 9.91. The number of hydrogen-bond acceptors (Lipinski definition) is 3. The molecular formula is C15H22N2S. The van der Waals surface area contributed by atoms with Gasteiger partial charge < -0.3 is 5.73 Å². The monoisotopic (exact) mass is 262 g/mol. The van der Waals surface area contributed by atoms with Crippen LogP contribution in [0.4, 0.5) is 0 Å². The number of thioether (sulfide) groups is 1. The number of likely N-dealkylation sites (tertiary alicyclic amines) is 1. The molecule has 0 saturated carbocycles. The average molecular weight is 262 g/mol. The highest BCUT2D eigenvalue weighted by molar-refractivity contribution is 7.99. The van der Waals surface area contributed by atoms with Gasteiger partial charge in [0.2, 0.25) is 0 Å². The van der Waals surface area contributed by atoms with Crippen LogP contribution in [-0.2, 0) is 0 Å². The number of fused-ring (bicyclic) bond motifs is 1. The molecule has 3 heteroatoms. The van der Waals surface area contributed by atoms with Crippen molar-refractivity contribution in [2.24, 2.45) is 11.7 Å². The topological polar surface area (TPSA) is 29.3 Å². The van der Waals surface area contributed by atoms with Gasteiger partial charge in [0.25, 0.3) is 0 Å². The van der Waals surface area contributed by atoms with Crippen LogP contribution >= 0.6 is 11.8 Å². The molecule has 3 atom stereocenters. The Balaban J connectivity index is 1.81. The van der Waals surface area contributed by atoms with E-state index in [1.165, 1.54) is 22.6 Å². The molecule has 1 aromatic rings. The van der Waals surface area contributed by atoms with Gasteiger partial charge in [-0.15, -0.1) is 11.8 Å². The van der Waals surface area contributed by atoms with Gasteiger partial charge in [-0.1, -0.05) is 25.1 Å². The SMILES string of the molecule is CC1CN(C2CCSc3ccccc32)CCC1N. The molecule has 2 aliphatic heterocycles. The summed E-state index contributed by atoms with van der Waals surface area (Å²) >= 11 is 2.01. The molecule has 2 nitrogen and oxygen atoms in total. The number of hydrogen-bond donors (Lipinski definition) is 1. The fraction of sp³-hybridized carbons (Fsp3) is 0.600.